The molecule has 0 spiro atoms. The highest BCUT2D eigenvalue weighted by molar-refractivity contribution is 5.91. The van der Waals surface area contributed by atoms with Crippen LogP contribution in [0.5, 0.6) is 0 Å². The topological polar surface area (TPSA) is 106 Å². The number of aliphatic carboxylic acids is 1. The summed E-state index contributed by atoms with van der Waals surface area (Å²) in [5.41, 5.74) is 5.42. The minimum atomic E-state index is -0.711. The molecule has 1 saturated carbocycles. The molecule has 2 rings (SSSR count). The van der Waals surface area contributed by atoms with Gasteiger partial charge >= 0.3 is 5.97 Å². The molecule has 1 aromatic heterocycles. The van der Waals surface area contributed by atoms with Gasteiger partial charge in [-0.05, 0) is 43.7 Å². The van der Waals surface area contributed by atoms with E-state index >= 15 is 0 Å². The molecule has 6 heteroatoms. The molecule has 1 aliphatic carbocycles. The zero-order valence-corrected chi connectivity index (χ0v) is 11.3. The quantitative estimate of drug-likeness (QED) is 0.755. The monoisotopic (exact) mass is 280 g/mol. The Labute approximate surface area is 117 Å². The predicted octanol–water partition coefficient (Wildman–Crippen LogP) is 1.36. The smallest absolute Gasteiger partial charge is 0.306 e. The van der Waals surface area contributed by atoms with E-state index in [1.165, 1.54) is 0 Å². The van der Waals surface area contributed by atoms with E-state index in [2.05, 4.69) is 5.32 Å². The van der Waals surface area contributed by atoms with Crippen molar-refractivity contribution in [2.45, 2.75) is 32.2 Å². The summed E-state index contributed by atoms with van der Waals surface area (Å²) in [6.45, 7) is 0.830. The average Bonchev–Trinajstić information content (AvgIpc) is 2.94. The lowest BCUT2D eigenvalue weighted by molar-refractivity contribution is -0.143. The Kier molecular flexibility index (Phi) is 4.79. The molecule has 1 amide bonds. The summed E-state index contributed by atoms with van der Waals surface area (Å²) in [6, 6.07) is 3.30. The maximum absolute atomic E-state index is 11.8. The highest BCUT2D eigenvalue weighted by atomic mass is 16.4. The maximum Gasteiger partial charge on any atom is 0.306 e. The second-order valence-corrected chi connectivity index (χ2v) is 5.24. The van der Waals surface area contributed by atoms with Crippen molar-refractivity contribution in [2.75, 3.05) is 6.54 Å². The van der Waals surface area contributed by atoms with Crippen LogP contribution in [-0.2, 0) is 11.3 Å². The Bertz CT molecular complexity index is 475. The molecule has 1 aliphatic rings. The van der Waals surface area contributed by atoms with Crippen LogP contribution in [0.25, 0.3) is 0 Å². The van der Waals surface area contributed by atoms with Crippen LogP contribution in [0, 0.1) is 11.8 Å². The molecule has 1 heterocycles. The number of hydrogen-bond acceptors (Lipinski definition) is 4. The molecule has 1 aromatic rings. The number of nitrogens with one attached hydrogen (secondary N) is 1. The van der Waals surface area contributed by atoms with Crippen molar-refractivity contribution in [1.29, 1.82) is 0 Å². The van der Waals surface area contributed by atoms with E-state index in [1.54, 1.807) is 12.1 Å². The van der Waals surface area contributed by atoms with Crippen LogP contribution in [0.15, 0.2) is 16.5 Å². The van der Waals surface area contributed by atoms with Crippen LogP contribution in [0.4, 0.5) is 0 Å². The van der Waals surface area contributed by atoms with E-state index < -0.39 is 5.97 Å². The Balaban J connectivity index is 1.75. The fourth-order valence-corrected chi connectivity index (χ4v) is 2.55. The molecule has 0 aliphatic heterocycles. The van der Waals surface area contributed by atoms with Crippen molar-refractivity contribution in [1.82, 2.24) is 5.32 Å². The van der Waals surface area contributed by atoms with Gasteiger partial charge in [0.2, 0.25) is 0 Å². The molecule has 4 N–H and O–H groups in total. The minimum absolute atomic E-state index is 0.223. The fourth-order valence-electron chi connectivity index (χ4n) is 2.55. The summed E-state index contributed by atoms with van der Waals surface area (Å²) in [5, 5.41) is 11.8. The molecule has 1 fully saturated rings. The minimum Gasteiger partial charge on any atom is -0.481 e. The van der Waals surface area contributed by atoms with Crippen LogP contribution < -0.4 is 11.1 Å². The lowest BCUT2D eigenvalue weighted by Crippen LogP contribution is -2.32. The number of carboxylic acids is 1. The van der Waals surface area contributed by atoms with Gasteiger partial charge in [0.25, 0.3) is 5.91 Å². The van der Waals surface area contributed by atoms with Crippen molar-refractivity contribution in [3.63, 3.8) is 0 Å². The number of furan rings is 1. The van der Waals surface area contributed by atoms with Gasteiger partial charge in [0.15, 0.2) is 5.76 Å². The zero-order chi connectivity index (χ0) is 14.5. The Hall–Kier alpha value is -1.82. The van der Waals surface area contributed by atoms with Crippen LogP contribution in [0.3, 0.4) is 0 Å². The molecular weight excluding hydrogens is 260 g/mol. The van der Waals surface area contributed by atoms with Crippen LogP contribution in [-0.4, -0.2) is 23.5 Å². The Morgan fingerprint density at radius 2 is 2.00 bits per heavy atom. The van der Waals surface area contributed by atoms with E-state index in [4.69, 9.17) is 15.3 Å². The second kappa shape index (κ2) is 6.56. The van der Waals surface area contributed by atoms with Gasteiger partial charge in [0, 0.05) is 6.54 Å². The van der Waals surface area contributed by atoms with Gasteiger partial charge in [-0.15, -0.1) is 0 Å². The summed E-state index contributed by atoms with van der Waals surface area (Å²) < 4.78 is 5.27. The highest BCUT2D eigenvalue weighted by Crippen LogP contribution is 2.28. The van der Waals surface area contributed by atoms with Gasteiger partial charge in [0.05, 0.1) is 12.5 Å². The van der Waals surface area contributed by atoms with Crippen molar-refractivity contribution < 1.29 is 19.1 Å². The van der Waals surface area contributed by atoms with Crippen molar-refractivity contribution in [2.24, 2.45) is 17.6 Å². The van der Waals surface area contributed by atoms with Gasteiger partial charge in [-0.25, -0.2) is 0 Å². The van der Waals surface area contributed by atoms with Crippen molar-refractivity contribution >= 4 is 11.9 Å². The largest absolute Gasteiger partial charge is 0.481 e. The number of hydrogen-bond donors (Lipinski definition) is 3. The predicted molar refractivity (Wildman–Crippen MR) is 72.0 cm³/mol. The zero-order valence-electron chi connectivity index (χ0n) is 11.3. The third-order valence-corrected chi connectivity index (χ3v) is 3.83. The van der Waals surface area contributed by atoms with Gasteiger partial charge in [-0.2, -0.15) is 0 Å². The van der Waals surface area contributed by atoms with E-state index in [-0.39, 0.29) is 24.1 Å². The third-order valence-electron chi connectivity index (χ3n) is 3.83. The number of carbonyl (C=O) groups is 2. The van der Waals surface area contributed by atoms with E-state index in [0.29, 0.717) is 31.1 Å². The first-order valence-corrected chi connectivity index (χ1v) is 6.90. The summed E-state index contributed by atoms with van der Waals surface area (Å²) in [4.78, 5) is 22.7. The first kappa shape index (κ1) is 14.6. The lowest BCUT2D eigenvalue weighted by atomic mass is 9.82. The van der Waals surface area contributed by atoms with Crippen LogP contribution in [0.1, 0.15) is 42.0 Å². The number of rotatable bonds is 5. The first-order chi connectivity index (χ1) is 9.60. The van der Waals surface area contributed by atoms with Gasteiger partial charge in [0.1, 0.15) is 5.76 Å². The van der Waals surface area contributed by atoms with Gasteiger partial charge in [-0.1, -0.05) is 0 Å². The van der Waals surface area contributed by atoms with Crippen LogP contribution in [0.2, 0.25) is 0 Å². The molecule has 0 bridgehead atoms. The van der Waals surface area contributed by atoms with Gasteiger partial charge < -0.3 is 20.6 Å². The summed E-state index contributed by atoms with van der Waals surface area (Å²) in [7, 11) is 0. The summed E-state index contributed by atoms with van der Waals surface area (Å²) >= 11 is 0. The first-order valence-electron chi connectivity index (χ1n) is 6.90. The van der Waals surface area contributed by atoms with Crippen molar-refractivity contribution in [3.05, 3.63) is 23.7 Å². The molecule has 0 atom stereocenters. The third kappa shape index (κ3) is 3.60. The van der Waals surface area contributed by atoms with E-state index in [9.17, 15) is 9.59 Å². The number of amides is 1. The van der Waals surface area contributed by atoms with Gasteiger partial charge in [-0.3, -0.25) is 9.59 Å². The number of carbonyl (C=O) groups excluding carboxylic acids is 1. The molecule has 20 heavy (non-hydrogen) atoms. The molecule has 110 valence electrons. The molecule has 0 radical (unpaired) electrons. The number of nitrogens with two attached hydrogens (primary N) is 1. The Morgan fingerprint density at radius 3 is 2.55 bits per heavy atom. The normalized spacial score (nSPS) is 22.4. The summed E-state index contributed by atoms with van der Waals surface area (Å²) in [6.07, 6.45) is 3.05. The standard InChI is InChI=1S/C14H20N2O4/c15-7-11-5-6-12(20-11)13(17)16-8-9-1-3-10(4-2-9)14(18)19/h5-6,9-10H,1-4,7-8,15H2,(H,16,17)(H,18,19). The maximum atomic E-state index is 11.8. The average molecular weight is 280 g/mol. The molecule has 6 nitrogen and oxygen atoms in total. The molecule has 0 unspecified atom stereocenters. The second-order valence-electron chi connectivity index (χ2n) is 5.24. The molecule has 0 saturated heterocycles. The highest BCUT2D eigenvalue weighted by Gasteiger charge is 2.26. The van der Waals surface area contributed by atoms with Crippen LogP contribution >= 0.6 is 0 Å². The SMILES string of the molecule is NCc1ccc(C(=O)NCC2CCC(C(=O)O)CC2)o1. The lowest BCUT2D eigenvalue weighted by Gasteiger charge is -2.25. The molecule has 0 aromatic carbocycles. The number of carboxylic acid groups (broad SMARTS) is 1. The fraction of sp³-hybridized carbons (Fsp3) is 0.571. The summed E-state index contributed by atoms with van der Waals surface area (Å²) in [5.74, 6) is 0.0156. The molecular formula is C14H20N2O4. The Morgan fingerprint density at radius 1 is 1.30 bits per heavy atom. The van der Waals surface area contributed by atoms with E-state index in [0.717, 1.165) is 12.8 Å². The van der Waals surface area contributed by atoms with E-state index in [1.807, 2.05) is 0 Å². The van der Waals surface area contributed by atoms with Crippen molar-refractivity contribution in [3.8, 4) is 0 Å².